The molecule has 0 spiro atoms. The second kappa shape index (κ2) is 28.4. The van der Waals surface area contributed by atoms with E-state index >= 15 is 0 Å². The molecule has 0 fully saturated rings. The van der Waals surface area contributed by atoms with Crippen LogP contribution in [0, 0.1) is 5.92 Å². The molecule has 2 aromatic rings. The van der Waals surface area contributed by atoms with E-state index in [1.54, 1.807) is 54.6 Å². The summed E-state index contributed by atoms with van der Waals surface area (Å²) in [6.45, 7) is 3.90. The molecule has 0 aliphatic carbocycles. The number of nitrogens with one attached hydrogen (secondary N) is 6. The fourth-order valence-electron chi connectivity index (χ4n) is 6.19. The third-order valence-corrected chi connectivity index (χ3v) is 9.43. The molecule has 0 radical (unpaired) electrons. The van der Waals surface area contributed by atoms with Crippen LogP contribution in [0.1, 0.15) is 87.6 Å². The molecule has 0 bridgehead atoms. The molecule has 2 aromatic carbocycles. The average Bonchev–Trinajstić information content (AvgIpc) is 3.22. The van der Waals surface area contributed by atoms with Gasteiger partial charge in [0.05, 0.1) is 6.04 Å². The van der Waals surface area contributed by atoms with E-state index in [4.69, 9.17) is 28.0 Å². The Balaban J connectivity index is 2.20. The van der Waals surface area contributed by atoms with Gasteiger partial charge in [-0.25, -0.2) is 0 Å². The lowest BCUT2D eigenvalue weighted by molar-refractivity contribution is -0.138. The highest BCUT2D eigenvalue weighted by Gasteiger charge is 2.32. The molecule has 6 amide bonds. The van der Waals surface area contributed by atoms with E-state index < -0.39 is 72.3 Å². The highest BCUT2D eigenvalue weighted by Crippen LogP contribution is 2.11. The van der Waals surface area contributed by atoms with Crippen molar-refractivity contribution in [1.82, 2.24) is 31.9 Å². The molecule has 19 nitrogen and oxygen atoms in total. The predicted octanol–water partition coefficient (Wildman–Crippen LogP) is -0.475. The smallest absolute Gasteiger partial charge is 0.322 e. The van der Waals surface area contributed by atoms with Crippen molar-refractivity contribution in [2.75, 3.05) is 26.2 Å². The first-order chi connectivity index (χ1) is 29.1. The fourth-order valence-corrected chi connectivity index (χ4v) is 6.19. The summed E-state index contributed by atoms with van der Waals surface area (Å²) in [7, 11) is 0. The molecule has 0 heterocycles. The molecule has 0 saturated carbocycles. The number of hydrogen-bond acceptors (Lipinski definition) is 10. The summed E-state index contributed by atoms with van der Waals surface area (Å²) in [6.07, 6.45) is 3.05. The SMILES string of the molecule is CC(C)C[C@H](NC(=O)[C@H](CCCCN)NC(=O)[C@H](CCCN=C(N)N)NC(=O)[C@@H](N)CCCCNC(=O)c1ccccc1)C(=O)N[C@@H](Cc1ccccc1)C(=O)NCC(=O)O. The molecular formula is C42H65N11O8. The summed E-state index contributed by atoms with van der Waals surface area (Å²) >= 11 is 0. The van der Waals surface area contributed by atoms with Gasteiger partial charge in [0, 0.05) is 25.1 Å². The third-order valence-electron chi connectivity index (χ3n) is 9.43. The minimum atomic E-state index is -1.26. The van der Waals surface area contributed by atoms with E-state index in [-0.39, 0.29) is 62.9 Å². The summed E-state index contributed by atoms with van der Waals surface area (Å²) < 4.78 is 0. The second-order valence-corrected chi connectivity index (χ2v) is 15.1. The van der Waals surface area contributed by atoms with Gasteiger partial charge in [0.2, 0.25) is 29.5 Å². The van der Waals surface area contributed by atoms with Gasteiger partial charge >= 0.3 is 5.97 Å². The predicted molar refractivity (Wildman–Crippen MR) is 231 cm³/mol. The van der Waals surface area contributed by atoms with Crippen LogP contribution in [0.15, 0.2) is 65.7 Å². The van der Waals surface area contributed by atoms with E-state index in [1.807, 2.05) is 19.9 Å². The monoisotopic (exact) mass is 852 g/mol. The number of nitrogens with two attached hydrogens (primary N) is 4. The van der Waals surface area contributed by atoms with E-state index in [9.17, 15) is 33.6 Å². The van der Waals surface area contributed by atoms with Crippen LogP contribution in [0.4, 0.5) is 0 Å². The standard InChI is InChI=1S/C42H65N11O8/c1-27(2)24-33(41(61)53-34(38(58)49-26-35(54)55)25-28-14-5-3-6-15-28)52-40(60)31(19-9-11-21-43)51-39(59)32(20-13-23-48-42(45)46)50-37(57)30(44)18-10-12-22-47-36(56)29-16-7-4-8-17-29/h3-8,14-17,27,30-34H,9-13,18-26,43-44H2,1-2H3,(H,47,56)(H,49,58)(H,50,57)(H,51,59)(H,52,60)(H,53,61)(H,54,55)(H4,45,46,48)/t30-,31-,32-,33-,34-/m0/s1. The normalized spacial score (nSPS) is 13.3. The first-order valence-electron chi connectivity index (χ1n) is 20.7. The molecule has 15 N–H and O–H groups in total. The molecular weight excluding hydrogens is 787 g/mol. The molecule has 5 atom stereocenters. The van der Waals surface area contributed by atoms with Crippen molar-refractivity contribution in [3.63, 3.8) is 0 Å². The van der Waals surface area contributed by atoms with Gasteiger partial charge in [-0.05, 0) is 87.9 Å². The van der Waals surface area contributed by atoms with Crippen molar-refractivity contribution in [2.24, 2.45) is 33.8 Å². The number of guanidine groups is 1. The Morgan fingerprint density at radius 2 is 1.18 bits per heavy atom. The lowest BCUT2D eigenvalue weighted by atomic mass is 10.00. The van der Waals surface area contributed by atoms with E-state index in [1.165, 1.54) is 0 Å². The number of carbonyl (C=O) groups is 7. The topological polar surface area (TPSA) is 328 Å². The van der Waals surface area contributed by atoms with Gasteiger partial charge in [-0.2, -0.15) is 0 Å². The number of aliphatic carboxylic acids is 1. The van der Waals surface area contributed by atoms with E-state index in [0.717, 1.165) is 0 Å². The fraction of sp³-hybridized carbons (Fsp3) is 0.524. The molecule has 61 heavy (non-hydrogen) atoms. The number of carboxylic acids is 1. The zero-order valence-corrected chi connectivity index (χ0v) is 35.2. The van der Waals surface area contributed by atoms with Gasteiger partial charge in [-0.1, -0.05) is 62.4 Å². The first-order valence-corrected chi connectivity index (χ1v) is 20.7. The lowest BCUT2D eigenvalue weighted by Crippen LogP contribution is -2.59. The van der Waals surface area contributed by atoms with Crippen LogP contribution in [0.25, 0.3) is 0 Å². The molecule has 0 aromatic heterocycles. The Hall–Kier alpha value is -6.08. The van der Waals surface area contributed by atoms with Crippen LogP contribution < -0.4 is 54.8 Å². The minimum Gasteiger partial charge on any atom is -0.480 e. The van der Waals surface area contributed by atoms with Gasteiger partial charge in [0.15, 0.2) is 5.96 Å². The maximum absolute atomic E-state index is 14.0. The first kappa shape index (κ1) is 51.1. The number of unbranched alkanes of at least 4 members (excludes halogenated alkanes) is 2. The number of benzene rings is 2. The van der Waals surface area contributed by atoms with Crippen molar-refractivity contribution in [3.05, 3.63) is 71.8 Å². The number of carbonyl (C=O) groups excluding carboxylic acids is 6. The zero-order chi connectivity index (χ0) is 45.2. The average molecular weight is 852 g/mol. The Morgan fingerprint density at radius 3 is 1.77 bits per heavy atom. The van der Waals surface area contributed by atoms with Gasteiger partial charge in [0.25, 0.3) is 5.91 Å². The van der Waals surface area contributed by atoms with Gasteiger partial charge in [-0.3, -0.25) is 38.6 Å². The Labute approximate surface area is 357 Å². The van der Waals surface area contributed by atoms with Crippen molar-refractivity contribution in [3.8, 4) is 0 Å². The Kier molecular flexibility index (Phi) is 23.8. The summed E-state index contributed by atoms with van der Waals surface area (Å²) in [4.78, 5) is 95.5. The molecule has 336 valence electrons. The third kappa shape index (κ3) is 21.1. The molecule has 2 rings (SSSR count). The summed E-state index contributed by atoms with van der Waals surface area (Å²) in [6, 6.07) is 12.0. The van der Waals surface area contributed by atoms with Crippen molar-refractivity contribution < 1.29 is 38.7 Å². The van der Waals surface area contributed by atoms with Crippen LogP contribution in [0.5, 0.6) is 0 Å². The van der Waals surface area contributed by atoms with Crippen molar-refractivity contribution >= 4 is 47.4 Å². The van der Waals surface area contributed by atoms with Gasteiger partial charge < -0.3 is 59.9 Å². The maximum Gasteiger partial charge on any atom is 0.322 e. The van der Waals surface area contributed by atoms with E-state index in [0.29, 0.717) is 49.9 Å². The Morgan fingerprint density at radius 1 is 0.639 bits per heavy atom. The zero-order valence-electron chi connectivity index (χ0n) is 35.2. The number of aliphatic imine (C=N–C) groups is 1. The van der Waals surface area contributed by atoms with Gasteiger partial charge in [0.1, 0.15) is 30.7 Å². The second-order valence-electron chi connectivity index (χ2n) is 15.1. The Bertz CT molecular complexity index is 1730. The molecule has 0 unspecified atom stereocenters. The number of hydrogen-bond donors (Lipinski definition) is 11. The van der Waals surface area contributed by atoms with Crippen molar-refractivity contribution in [1.29, 1.82) is 0 Å². The van der Waals surface area contributed by atoms with E-state index in [2.05, 4.69) is 36.9 Å². The lowest BCUT2D eigenvalue weighted by Gasteiger charge is -2.27. The number of amides is 6. The van der Waals surface area contributed by atoms with Crippen LogP contribution in [0.2, 0.25) is 0 Å². The van der Waals surface area contributed by atoms with Crippen LogP contribution in [0.3, 0.4) is 0 Å². The van der Waals surface area contributed by atoms with Gasteiger partial charge in [-0.15, -0.1) is 0 Å². The highest BCUT2D eigenvalue weighted by atomic mass is 16.4. The number of rotatable bonds is 29. The highest BCUT2D eigenvalue weighted by molar-refractivity contribution is 5.96. The summed E-state index contributed by atoms with van der Waals surface area (Å²) in [5.41, 5.74) is 24.1. The number of carboxylic acid groups (broad SMARTS) is 1. The maximum atomic E-state index is 14.0. The molecule has 0 aliphatic rings. The quantitative estimate of drug-likeness (QED) is 0.0281. The molecule has 0 aliphatic heterocycles. The number of nitrogens with zero attached hydrogens (tertiary/aromatic N) is 1. The molecule has 0 saturated heterocycles. The van der Waals surface area contributed by atoms with Crippen LogP contribution in [-0.2, 0) is 35.2 Å². The van der Waals surface area contributed by atoms with Crippen LogP contribution >= 0.6 is 0 Å². The molecule has 19 heteroatoms. The summed E-state index contributed by atoms with van der Waals surface area (Å²) in [5, 5.41) is 25.1. The largest absolute Gasteiger partial charge is 0.480 e. The van der Waals surface area contributed by atoms with Crippen molar-refractivity contribution in [2.45, 2.75) is 108 Å². The van der Waals surface area contributed by atoms with Crippen LogP contribution in [-0.4, -0.2) is 109 Å². The minimum absolute atomic E-state index is 0.0467. The summed E-state index contributed by atoms with van der Waals surface area (Å²) in [5.74, 6) is -5.07.